The standard InChI is InChI=1S/3C11H19O2.Fe/c3*1-10(2,3)8(12)7-9(13)11(4,5)6;/h3*7H,1-6H3;/q3*-1;+3. The SMILES string of the molecule is CC(C)(C)C(=O)[CH-]C(=O)C(C)(C)C.CC(C)(C)C(=O)[CH-]C(=O)C(C)(C)C.CC(C)(C)C(=O)[CH-]C(=O)C(C)(C)C.[Fe+3]. The van der Waals surface area contributed by atoms with Crippen LogP contribution in [0.3, 0.4) is 0 Å². The van der Waals surface area contributed by atoms with E-state index in [1.807, 2.05) is 125 Å². The second-order valence-electron chi connectivity index (χ2n) is 16.1. The predicted molar refractivity (Wildman–Crippen MR) is 160 cm³/mol. The number of hydrogen-bond donors (Lipinski definition) is 0. The Morgan fingerprint density at radius 1 is 0.275 bits per heavy atom. The molecule has 0 heterocycles. The summed E-state index contributed by atoms with van der Waals surface area (Å²) in [5, 5.41) is 0. The molecular formula is C33H57FeO6. The molecule has 7 heteroatoms. The first kappa shape index (κ1) is 45.1. The predicted octanol–water partition coefficient (Wildman–Crippen LogP) is 7.26. The van der Waals surface area contributed by atoms with E-state index < -0.39 is 32.5 Å². The molecule has 233 valence electrons. The summed E-state index contributed by atoms with van der Waals surface area (Å²) in [6, 6.07) is 0. The van der Waals surface area contributed by atoms with Gasteiger partial charge in [0, 0.05) is 34.7 Å². The van der Waals surface area contributed by atoms with Crippen LogP contribution in [0, 0.1) is 51.8 Å². The largest absolute Gasteiger partial charge is 3.00 e. The fourth-order valence-electron chi connectivity index (χ4n) is 1.66. The molecule has 0 N–H and O–H groups in total. The van der Waals surface area contributed by atoms with Crippen LogP contribution in [0.4, 0.5) is 0 Å². The maximum absolute atomic E-state index is 11.4. The summed E-state index contributed by atoms with van der Waals surface area (Å²) in [7, 11) is 0. The van der Waals surface area contributed by atoms with Gasteiger partial charge in [-0.05, 0) is 32.5 Å². The van der Waals surface area contributed by atoms with E-state index in [0.29, 0.717) is 0 Å². The van der Waals surface area contributed by atoms with Gasteiger partial charge in [-0.15, -0.1) is 0 Å². The van der Waals surface area contributed by atoms with Crippen LogP contribution in [0.2, 0.25) is 0 Å². The van der Waals surface area contributed by atoms with E-state index in [2.05, 4.69) is 0 Å². The molecule has 0 aliphatic heterocycles. The zero-order valence-corrected chi connectivity index (χ0v) is 29.6. The van der Waals surface area contributed by atoms with E-state index in [4.69, 9.17) is 0 Å². The van der Waals surface area contributed by atoms with E-state index in [1.165, 1.54) is 19.3 Å². The number of hydrogen-bond acceptors (Lipinski definition) is 6. The van der Waals surface area contributed by atoms with Crippen molar-refractivity contribution in [3.8, 4) is 0 Å². The third-order valence-electron chi connectivity index (χ3n) is 5.22. The molecule has 6 nitrogen and oxygen atoms in total. The minimum atomic E-state index is -0.457. The average Bonchev–Trinajstić information content (AvgIpc) is 2.64. The normalized spacial score (nSPS) is 12.2. The molecule has 0 aliphatic rings. The van der Waals surface area contributed by atoms with Gasteiger partial charge in [0.25, 0.3) is 0 Å². The number of rotatable bonds is 6. The average molecular weight is 606 g/mol. The molecule has 0 spiro atoms. The molecule has 0 fully saturated rings. The summed E-state index contributed by atoms with van der Waals surface area (Å²) in [6.45, 7) is 32.5. The summed E-state index contributed by atoms with van der Waals surface area (Å²) < 4.78 is 0. The van der Waals surface area contributed by atoms with Crippen molar-refractivity contribution in [2.45, 2.75) is 125 Å². The van der Waals surface area contributed by atoms with Crippen LogP contribution in [-0.4, -0.2) is 34.7 Å². The van der Waals surface area contributed by atoms with Crippen molar-refractivity contribution >= 4 is 34.7 Å². The number of carbonyl (C=O) groups excluding carboxylic acids is 6. The molecule has 0 aliphatic carbocycles. The first-order valence-electron chi connectivity index (χ1n) is 13.5. The van der Waals surface area contributed by atoms with Crippen LogP contribution in [0.5, 0.6) is 0 Å². The second kappa shape index (κ2) is 16.0. The van der Waals surface area contributed by atoms with Crippen molar-refractivity contribution in [2.24, 2.45) is 32.5 Å². The number of ketones is 6. The summed E-state index contributed by atoms with van der Waals surface area (Å²) in [6.07, 6.45) is 3.67. The Morgan fingerprint density at radius 2 is 0.350 bits per heavy atom. The van der Waals surface area contributed by atoms with E-state index in [0.717, 1.165) is 0 Å². The first-order valence-corrected chi connectivity index (χ1v) is 13.5. The molecule has 0 aromatic rings. The van der Waals surface area contributed by atoms with Crippen LogP contribution < -0.4 is 0 Å². The quantitative estimate of drug-likeness (QED) is 0.179. The smallest absolute Gasteiger partial charge is 0.333 e. The summed E-state index contributed by atoms with van der Waals surface area (Å²) in [5.41, 5.74) is -2.74. The molecule has 40 heavy (non-hydrogen) atoms. The van der Waals surface area contributed by atoms with Crippen LogP contribution in [0.15, 0.2) is 0 Å². The fraction of sp³-hybridized carbons (Fsp3) is 0.727. The minimum absolute atomic E-state index is 0. The van der Waals surface area contributed by atoms with Crippen molar-refractivity contribution in [2.75, 3.05) is 0 Å². The molecule has 0 amide bonds. The van der Waals surface area contributed by atoms with E-state index in [1.54, 1.807) is 0 Å². The third-order valence-corrected chi connectivity index (χ3v) is 5.22. The van der Waals surface area contributed by atoms with Gasteiger partial charge in [0.2, 0.25) is 0 Å². The molecule has 0 rings (SSSR count). The van der Waals surface area contributed by atoms with Crippen molar-refractivity contribution in [1.82, 2.24) is 0 Å². The third kappa shape index (κ3) is 21.0. The molecule has 0 unspecified atom stereocenters. The summed E-state index contributed by atoms with van der Waals surface area (Å²) in [4.78, 5) is 68.7. The summed E-state index contributed by atoms with van der Waals surface area (Å²) >= 11 is 0. The maximum Gasteiger partial charge on any atom is 3.00 e. The molecule has 0 bridgehead atoms. The Morgan fingerprint density at radius 3 is 0.400 bits per heavy atom. The van der Waals surface area contributed by atoms with Crippen LogP contribution in [0.1, 0.15) is 125 Å². The zero-order chi connectivity index (χ0) is 32.6. The number of Topliss-reactive ketones (excluding diaryl/α,β-unsaturated/α-hetero) is 6. The Hall–Kier alpha value is -1.85. The first-order chi connectivity index (χ1) is 16.6. The second-order valence-corrected chi connectivity index (χ2v) is 16.1. The maximum atomic E-state index is 11.4. The Balaban J connectivity index is -0.000000240. The van der Waals surface area contributed by atoms with Gasteiger partial charge in [0.15, 0.2) is 0 Å². The van der Waals surface area contributed by atoms with E-state index in [-0.39, 0.29) is 51.8 Å². The number of carbonyl (C=O) groups is 6. The van der Waals surface area contributed by atoms with Gasteiger partial charge in [-0.1, -0.05) is 125 Å². The molecule has 0 saturated heterocycles. The molecule has 1 radical (unpaired) electrons. The monoisotopic (exact) mass is 605 g/mol. The van der Waals surface area contributed by atoms with Crippen LogP contribution in [0.25, 0.3) is 0 Å². The Kier molecular flexibility index (Phi) is 18.0. The van der Waals surface area contributed by atoms with E-state index >= 15 is 0 Å². The summed E-state index contributed by atoms with van der Waals surface area (Å²) in [5.74, 6) is -0.625. The molecule has 0 aromatic heterocycles. The zero-order valence-electron chi connectivity index (χ0n) is 28.5. The van der Waals surface area contributed by atoms with Gasteiger partial charge >= 0.3 is 17.1 Å². The Bertz CT molecular complexity index is 693. The van der Waals surface area contributed by atoms with Crippen LogP contribution in [-0.2, 0) is 45.8 Å². The molecule has 0 aromatic carbocycles. The molecule has 0 atom stereocenters. The molecule has 0 saturated carbocycles. The van der Waals surface area contributed by atoms with Gasteiger partial charge < -0.3 is 28.8 Å². The van der Waals surface area contributed by atoms with Crippen LogP contribution >= 0.6 is 0 Å². The van der Waals surface area contributed by atoms with Crippen molar-refractivity contribution < 1.29 is 45.8 Å². The fourth-order valence-corrected chi connectivity index (χ4v) is 1.66. The molecular weight excluding hydrogens is 548 g/mol. The minimum Gasteiger partial charge on any atom is -0.333 e. The van der Waals surface area contributed by atoms with Crippen molar-refractivity contribution in [3.05, 3.63) is 19.3 Å². The van der Waals surface area contributed by atoms with Crippen molar-refractivity contribution in [1.29, 1.82) is 0 Å². The Labute approximate surface area is 256 Å². The van der Waals surface area contributed by atoms with Gasteiger partial charge in [-0.2, -0.15) is 0 Å². The van der Waals surface area contributed by atoms with Gasteiger partial charge in [0.05, 0.1) is 0 Å². The van der Waals surface area contributed by atoms with Gasteiger partial charge in [-0.3, -0.25) is 19.3 Å². The van der Waals surface area contributed by atoms with Gasteiger partial charge in [-0.25, -0.2) is 0 Å². The topological polar surface area (TPSA) is 102 Å². The van der Waals surface area contributed by atoms with E-state index in [9.17, 15) is 28.8 Å². The van der Waals surface area contributed by atoms with Crippen molar-refractivity contribution in [3.63, 3.8) is 0 Å². The van der Waals surface area contributed by atoms with Gasteiger partial charge in [0.1, 0.15) is 0 Å².